The number of piperidine rings is 1. The Labute approximate surface area is 175 Å². The zero-order valence-electron chi connectivity index (χ0n) is 17.1. The second-order valence-electron chi connectivity index (χ2n) is 8.32. The number of benzene rings is 1. The molecule has 0 spiro atoms. The molecule has 2 atom stereocenters. The normalized spacial score (nSPS) is 23.4. The number of aromatic nitrogens is 4. The summed E-state index contributed by atoms with van der Waals surface area (Å²) in [7, 11) is 0. The number of anilines is 3. The molecule has 0 saturated carbocycles. The number of hydrogen-bond acceptors (Lipinski definition) is 7. The summed E-state index contributed by atoms with van der Waals surface area (Å²) in [4.78, 5) is 12.1. The molecule has 0 amide bonds. The average Bonchev–Trinajstić information content (AvgIpc) is 3.25. The Bertz CT molecular complexity index is 1070. The minimum Gasteiger partial charge on any atom is -0.351 e. The van der Waals surface area contributed by atoms with E-state index in [0.29, 0.717) is 30.5 Å². The maximum Gasteiger partial charge on any atom is 0.225 e. The molecule has 2 aliphatic heterocycles. The first-order chi connectivity index (χ1) is 14.7. The Hall–Kier alpha value is -3.18. The third kappa shape index (κ3) is 3.68. The maximum atomic E-state index is 8.94. The number of hydrogen-bond donors (Lipinski definition) is 3. The molecule has 1 aromatic carbocycles. The summed E-state index contributed by atoms with van der Waals surface area (Å²) in [5.74, 6) is 2.15. The zero-order valence-corrected chi connectivity index (χ0v) is 17.1. The molecule has 2 aromatic heterocycles. The van der Waals surface area contributed by atoms with E-state index in [0.717, 1.165) is 47.6 Å². The second kappa shape index (κ2) is 7.92. The molecule has 3 aromatic rings. The maximum absolute atomic E-state index is 8.94. The first-order valence-corrected chi connectivity index (χ1v) is 10.6. The molecule has 3 N–H and O–H groups in total. The van der Waals surface area contributed by atoms with Crippen LogP contribution < -0.4 is 10.6 Å². The van der Waals surface area contributed by atoms with Crippen LogP contribution in [0.15, 0.2) is 30.3 Å². The van der Waals surface area contributed by atoms with Crippen molar-refractivity contribution in [2.75, 3.05) is 17.2 Å². The van der Waals surface area contributed by atoms with Crippen LogP contribution in [0.1, 0.15) is 37.8 Å². The Morgan fingerprint density at radius 3 is 2.73 bits per heavy atom. The number of nitriles is 1. The highest BCUT2D eigenvalue weighted by molar-refractivity contribution is 5.91. The number of nitrogens with zero attached hydrogens (tertiary/aromatic N) is 5. The number of para-hydroxylation sites is 1. The van der Waals surface area contributed by atoms with E-state index >= 15 is 0 Å². The van der Waals surface area contributed by atoms with E-state index in [4.69, 9.17) is 15.2 Å². The lowest BCUT2D eigenvalue weighted by Crippen LogP contribution is -2.47. The van der Waals surface area contributed by atoms with Crippen LogP contribution in [0.5, 0.6) is 0 Å². The van der Waals surface area contributed by atoms with E-state index in [-0.39, 0.29) is 0 Å². The number of rotatable bonds is 6. The highest BCUT2D eigenvalue weighted by Gasteiger charge is 2.40. The van der Waals surface area contributed by atoms with Gasteiger partial charge < -0.3 is 10.6 Å². The monoisotopic (exact) mass is 402 g/mol. The lowest BCUT2D eigenvalue weighted by atomic mass is 9.97. The first kappa shape index (κ1) is 18.8. The predicted octanol–water partition coefficient (Wildman–Crippen LogP) is 3.73. The van der Waals surface area contributed by atoms with Crippen LogP contribution >= 0.6 is 0 Å². The van der Waals surface area contributed by atoms with Crippen LogP contribution in [0.2, 0.25) is 0 Å². The van der Waals surface area contributed by atoms with E-state index in [2.05, 4.69) is 31.8 Å². The lowest BCUT2D eigenvalue weighted by molar-refractivity contribution is 0.135. The van der Waals surface area contributed by atoms with Gasteiger partial charge in [0.2, 0.25) is 5.95 Å². The Morgan fingerprint density at radius 2 is 2.00 bits per heavy atom. The SMILES string of the molecule is Cc1cc(Nc2nc(NC3CC4CCC(C3)N4CCC#N)nc3ccccc23)n[nH]1. The van der Waals surface area contributed by atoms with E-state index < -0.39 is 0 Å². The molecule has 8 nitrogen and oxygen atoms in total. The molecule has 2 unspecified atom stereocenters. The Morgan fingerprint density at radius 1 is 1.20 bits per heavy atom. The van der Waals surface area contributed by atoms with Crippen molar-refractivity contribution in [1.29, 1.82) is 5.26 Å². The van der Waals surface area contributed by atoms with Gasteiger partial charge in [0.15, 0.2) is 5.82 Å². The van der Waals surface area contributed by atoms with Gasteiger partial charge in [0, 0.05) is 48.2 Å². The molecule has 30 heavy (non-hydrogen) atoms. The van der Waals surface area contributed by atoms with Crippen molar-refractivity contribution in [2.24, 2.45) is 0 Å². The number of H-pyrrole nitrogens is 1. The van der Waals surface area contributed by atoms with Gasteiger partial charge in [0.25, 0.3) is 0 Å². The zero-order chi connectivity index (χ0) is 20.5. The molecule has 2 saturated heterocycles. The minimum absolute atomic E-state index is 0.350. The van der Waals surface area contributed by atoms with Gasteiger partial charge in [-0.2, -0.15) is 15.3 Å². The van der Waals surface area contributed by atoms with Gasteiger partial charge in [0.1, 0.15) is 5.82 Å². The first-order valence-electron chi connectivity index (χ1n) is 10.6. The summed E-state index contributed by atoms with van der Waals surface area (Å²) in [6, 6.07) is 13.7. The Kier molecular flexibility index (Phi) is 4.97. The second-order valence-corrected chi connectivity index (χ2v) is 8.32. The van der Waals surface area contributed by atoms with Crippen LogP contribution in [0, 0.1) is 18.3 Å². The number of aryl methyl sites for hydroxylation is 1. The quantitative estimate of drug-likeness (QED) is 0.577. The molecule has 5 rings (SSSR count). The summed E-state index contributed by atoms with van der Waals surface area (Å²) in [5.41, 5.74) is 1.90. The molecular formula is C22H26N8. The highest BCUT2D eigenvalue weighted by atomic mass is 15.3. The van der Waals surface area contributed by atoms with Crippen molar-refractivity contribution in [3.8, 4) is 6.07 Å². The molecule has 154 valence electrons. The van der Waals surface area contributed by atoms with Gasteiger partial charge in [-0.25, -0.2) is 4.98 Å². The average molecular weight is 403 g/mol. The molecule has 4 heterocycles. The van der Waals surface area contributed by atoms with Crippen LogP contribution in [0.25, 0.3) is 10.9 Å². The van der Waals surface area contributed by atoms with Gasteiger partial charge in [-0.1, -0.05) is 12.1 Å². The van der Waals surface area contributed by atoms with Crippen molar-refractivity contribution in [3.05, 3.63) is 36.0 Å². The van der Waals surface area contributed by atoms with Crippen LogP contribution in [-0.4, -0.2) is 49.7 Å². The third-order valence-electron chi connectivity index (χ3n) is 6.25. The van der Waals surface area contributed by atoms with Crippen LogP contribution in [0.4, 0.5) is 17.6 Å². The van der Waals surface area contributed by atoms with Crippen molar-refractivity contribution in [2.45, 2.75) is 57.2 Å². The van der Waals surface area contributed by atoms with Gasteiger partial charge in [-0.15, -0.1) is 0 Å². The summed E-state index contributed by atoms with van der Waals surface area (Å²) >= 11 is 0. The molecule has 8 heteroatoms. The van der Waals surface area contributed by atoms with Crippen molar-refractivity contribution >= 4 is 28.5 Å². The van der Waals surface area contributed by atoms with Crippen molar-refractivity contribution in [3.63, 3.8) is 0 Å². The molecule has 0 radical (unpaired) electrons. The largest absolute Gasteiger partial charge is 0.351 e. The number of nitrogens with one attached hydrogen (secondary N) is 3. The van der Waals surface area contributed by atoms with Crippen molar-refractivity contribution in [1.82, 2.24) is 25.1 Å². The van der Waals surface area contributed by atoms with E-state index in [1.807, 2.05) is 37.3 Å². The van der Waals surface area contributed by atoms with Gasteiger partial charge in [-0.05, 0) is 44.7 Å². The van der Waals surface area contributed by atoms with Gasteiger partial charge in [0.05, 0.1) is 11.6 Å². The molecule has 2 aliphatic rings. The minimum atomic E-state index is 0.350. The summed E-state index contributed by atoms with van der Waals surface area (Å²) in [6.07, 6.45) is 5.19. The smallest absolute Gasteiger partial charge is 0.225 e. The van der Waals surface area contributed by atoms with E-state index in [9.17, 15) is 0 Å². The van der Waals surface area contributed by atoms with Crippen LogP contribution in [0.3, 0.4) is 0 Å². The third-order valence-corrected chi connectivity index (χ3v) is 6.25. The molecular weight excluding hydrogens is 376 g/mol. The lowest BCUT2D eigenvalue weighted by Gasteiger charge is -2.38. The van der Waals surface area contributed by atoms with Gasteiger partial charge >= 0.3 is 0 Å². The topological polar surface area (TPSA) is 106 Å². The van der Waals surface area contributed by atoms with E-state index in [1.54, 1.807) is 0 Å². The number of fused-ring (bicyclic) bond motifs is 3. The fourth-order valence-electron chi connectivity index (χ4n) is 4.96. The highest BCUT2D eigenvalue weighted by Crippen LogP contribution is 2.37. The molecule has 2 bridgehead atoms. The standard InChI is InChI=1S/C22H26N8/c1-14-11-20(29-28-14)26-21-18-5-2-3-6-19(18)25-22(27-21)24-15-12-16-7-8-17(13-15)30(16)10-4-9-23/h2-3,5-6,11,15-17H,4,7-8,10,12-13H2,1H3,(H3,24,25,26,27,28,29). The fraction of sp³-hybridized carbons (Fsp3) is 0.455. The molecule has 0 aliphatic carbocycles. The molecule has 2 fully saturated rings. The van der Waals surface area contributed by atoms with Crippen LogP contribution in [-0.2, 0) is 0 Å². The van der Waals surface area contributed by atoms with Crippen molar-refractivity contribution < 1.29 is 0 Å². The van der Waals surface area contributed by atoms with Gasteiger partial charge in [-0.3, -0.25) is 10.00 Å². The summed E-state index contributed by atoms with van der Waals surface area (Å²) < 4.78 is 0. The fourth-order valence-corrected chi connectivity index (χ4v) is 4.96. The summed E-state index contributed by atoms with van der Waals surface area (Å²) in [6.45, 7) is 2.86. The predicted molar refractivity (Wildman–Crippen MR) is 117 cm³/mol. The number of aromatic amines is 1. The van der Waals surface area contributed by atoms with E-state index in [1.165, 1.54) is 12.8 Å². The summed E-state index contributed by atoms with van der Waals surface area (Å²) in [5, 5.41) is 24.1. The Balaban J connectivity index is 1.37.